The van der Waals surface area contributed by atoms with Crippen LogP contribution in [0, 0.1) is 6.92 Å². The van der Waals surface area contributed by atoms with Crippen LogP contribution < -0.4 is 5.32 Å². The molecule has 1 aliphatic rings. The monoisotopic (exact) mass is 439 g/mol. The van der Waals surface area contributed by atoms with Crippen LogP contribution >= 0.6 is 23.1 Å². The molecule has 5 nitrogen and oxygen atoms in total. The van der Waals surface area contributed by atoms with Crippen molar-refractivity contribution in [2.75, 3.05) is 23.4 Å². The standard InChI is InChI=1S/C23H25N3O2S2/c1-16-7-6-8-17(13-16)24-21(27)14-29-15-22(28)26-12-5-4-10-19(26)23-25-18-9-2-3-11-20(18)30-23/h2-3,6-9,11,13,19H,4-5,10,12,14-15H2,1H3,(H,24,27). The molecule has 156 valence electrons. The number of hydrogen-bond donors (Lipinski definition) is 1. The van der Waals surface area contributed by atoms with Crippen LogP contribution in [0.3, 0.4) is 0 Å². The van der Waals surface area contributed by atoms with Gasteiger partial charge in [-0.3, -0.25) is 9.59 Å². The average molecular weight is 440 g/mol. The number of thiazole rings is 1. The number of carbonyl (C=O) groups is 2. The van der Waals surface area contributed by atoms with Crippen molar-refractivity contribution in [3.63, 3.8) is 0 Å². The van der Waals surface area contributed by atoms with Gasteiger partial charge >= 0.3 is 0 Å². The number of amides is 2. The molecule has 7 heteroatoms. The van der Waals surface area contributed by atoms with Gasteiger partial charge in [-0.05, 0) is 56.0 Å². The summed E-state index contributed by atoms with van der Waals surface area (Å²) in [5.41, 5.74) is 2.89. The summed E-state index contributed by atoms with van der Waals surface area (Å²) < 4.78 is 1.16. The predicted octanol–water partition coefficient (Wildman–Crippen LogP) is 5.03. The number of aromatic nitrogens is 1. The van der Waals surface area contributed by atoms with Gasteiger partial charge < -0.3 is 10.2 Å². The molecule has 0 saturated carbocycles. The highest BCUT2D eigenvalue weighted by Gasteiger charge is 2.30. The molecule has 2 aromatic carbocycles. The quantitative estimate of drug-likeness (QED) is 0.585. The van der Waals surface area contributed by atoms with E-state index in [0.29, 0.717) is 5.75 Å². The minimum atomic E-state index is -0.0835. The Morgan fingerprint density at radius 1 is 1.17 bits per heavy atom. The molecule has 1 unspecified atom stereocenters. The number of anilines is 1. The summed E-state index contributed by atoms with van der Waals surface area (Å²) in [4.78, 5) is 31.9. The summed E-state index contributed by atoms with van der Waals surface area (Å²) in [6.45, 7) is 2.75. The number of aryl methyl sites for hydroxylation is 1. The van der Waals surface area contributed by atoms with Crippen molar-refractivity contribution >= 4 is 50.8 Å². The highest BCUT2D eigenvalue weighted by molar-refractivity contribution is 8.00. The normalized spacial score (nSPS) is 16.6. The molecular formula is C23H25N3O2S2. The zero-order valence-electron chi connectivity index (χ0n) is 17.0. The van der Waals surface area contributed by atoms with Gasteiger partial charge in [0, 0.05) is 12.2 Å². The number of thioether (sulfide) groups is 1. The number of benzene rings is 2. The molecule has 30 heavy (non-hydrogen) atoms. The number of para-hydroxylation sites is 1. The molecule has 1 aliphatic heterocycles. The number of fused-ring (bicyclic) bond motifs is 1. The lowest BCUT2D eigenvalue weighted by Gasteiger charge is -2.34. The van der Waals surface area contributed by atoms with Crippen LogP contribution in [0.25, 0.3) is 10.2 Å². The summed E-state index contributed by atoms with van der Waals surface area (Å²) in [6.07, 6.45) is 3.08. The van der Waals surface area contributed by atoms with Gasteiger partial charge in [0.2, 0.25) is 11.8 Å². The van der Waals surface area contributed by atoms with Gasteiger partial charge in [-0.1, -0.05) is 24.3 Å². The van der Waals surface area contributed by atoms with Crippen LogP contribution in [0.4, 0.5) is 5.69 Å². The Balaban J connectivity index is 1.33. The van der Waals surface area contributed by atoms with Gasteiger partial charge in [0.1, 0.15) is 5.01 Å². The van der Waals surface area contributed by atoms with Crippen molar-refractivity contribution in [1.29, 1.82) is 0 Å². The minimum Gasteiger partial charge on any atom is -0.333 e. The molecule has 2 heterocycles. The number of carbonyl (C=O) groups excluding carboxylic acids is 2. The second-order valence-electron chi connectivity index (χ2n) is 7.53. The molecule has 0 spiro atoms. The molecule has 1 saturated heterocycles. The van der Waals surface area contributed by atoms with Crippen molar-refractivity contribution in [3.8, 4) is 0 Å². The topological polar surface area (TPSA) is 62.3 Å². The minimum absolute atomic E-state index is 0.0466. The summed E-state index contributed by atoms with van der Waals surface area (Å²) >= 11 is 3.05. The molecule has 0 radical (unpaired) electrons. The van der Waals surface area contributed by atoms with Crippen LogP contribution in [0.15, 0.2) is 48.5 Å². The Morgan fingerprint density at radius 3 is 2.87 bits per heavy atom. The Bertz CT molecular complexity index is 1020. The van der Waals surface area contributed by atoms with Crippen molar-refractivity contribution < 1.29 is 9.59 Å². The first-order chi connectivity index (χ1) is 14.6. The molecule has 1 atom stereocenters. The van der Waals surface area contributed by atoms with Gasteiger partial charge in [-0.2, -0.15) is 0 Å². The average Bonchev–Trinajstić information content (AvgIpc) is 3.18. The maximum absolute atomic E-state index is 12.9. The zero-order valence-corrected chi connectivity index (χ0v) is 18.6. The molecular weight excluding hydrogens is 414 g/mol. The second-order valence-corrected chi connectivity index (χ2v) is 9.58. The first-order valence-electron chi connectivity index (χ1n) is 10.2. The van der Waals surface area contributed by atoms with E-state index in [0.717, 1.165) is 52.3 Å². The number of hydrogen-bond acceptors (Lipinski definition) is 5. The smallest absolute Gasteiger partial charge is 0.234 e. The van der Waals surface area contributed by atoms with E-state index in [-0.39, 0.29) is 23.6 Å². The Morgan fingerprint density at radius 2 is 2.03 bits per heavy atom. The highest BCUT2D eigenvalue weighted by atomic mass is 32.2. The summed E-state index contributed by atoms with van der Waals surface area (Å²) in [5.74, 6) is 0.578. The van der Waals surface area contributed by atoms with Crippen molar-refractivity contribution in [1.82, 2.24) is 9.88 Å². The van der Waals surface area contributed by atoms with Gasteiger partial charge in [0.05, 0.1) is 27.8 Å². The maximum atomic E-state index is 12.9. The zero-order chi connectivity index (χ0) is 20.9. The number of rotatable bonds is 6. The fourth-order valence-electron chi connectivity index (χ4n) is 3.75. The van der Waals surface area contributed by atoms with E-state index in [4.69, 9.17) is 4.98 Å². The third-order valence-corrected chi connectivity index (χ3v) is 7.23. The fourth-order valence-corrected chi connectivity index (χ4v) is 5.57. The van der Waals surface area contributed by atoms with Gasteiger partial charge in [0.15, 0.2) is 0 Å². The maximum Gasteiger partial charge on any atom is 0.234 e. The summed E-state index contributed by atoms with van der Waals surface area (Å²) in [5, 5.41) is 3.91. The van der Waals surface area contributed by atoms with Gasteiger partial charge in [-0.25, -0.2) is 4.98 Å². The molecule has 4 rings (SSSR count). The fraction of sp³-hybridized carbons (Fsp3) is 0.348. The Hall–Kier alpha value is -2.38. The Kier molecular flexibility index (Phi) is 6.69. The van der Waals surface area contributed by atoms with Gasteiger partial charge in [0.25, 0.3) is 0 Å². The van der Waals surface area contributed by atoms with Crippen LogP contribution in [-0.4, -0.2) is 39.7 Å². The predicted molar refractivity (Wildman–Crippen MR) is 125 cm³/mol. The van der Waals surface area contributed by atoms with Crippen LogP contribution in [0.1, 0.15) is 35.9 Å². The Labute approximate surface area is 184 Å². The third-order valence-electron chi connectivity index (χ3n) is 5.18. The third kappa shape index (κ3) is 5.02. The number of nitrogens with zero attached hydrogens (tertiary/aromatic N) is 2. The van der Waals surface area contributed by atoms with E-state index in [9.17, 15) is 9.59 Å². The second kappa shape index (κ2) is 9.62. The lowest BCUT2D eigenvalue weighted by Crippen LogP contribution is -2.39. The first kappa shape index (κ1) is 20.9. The molecule has 1 N–H and O–H groups in total. The summed E-state index contributed by atoms with van der Waals surface area (Å²) in [7, 11) is 0. The molecule has 0 aliphatic carbocycles. The molecule has 0 bridgehead atoms. The lowest BCUT2D eigenvalue weighted by molar-refractivity contribution is -0.132. The highest BCUT2D eigenvalue weighted by Crippen LogP contribution is 2.35. The largest absolute Gasteiger partial charge is 0.333 e. The summed E-state index contributed by atoms with van der Waals surface area (Å²) in [6, 6.07) is 15.9. The first-order valence-corrected chi connectivity index (χ1v) is 12.2. The van der Waals surface area contributed by atoms with Crippen LogP contribution in [0.5, 0.6) is 0 Å². The number of piperidine rings is 1. The van der Waals surface area contributed by atoms with E-state index in [1.807, 2.05) is 54.3 Å². The lowest BCUT2D eigenvalue weighted by atomic mass is 10.0. The molecule has 3 aromatic rings. The van der Waals surface area contributed by atoms with Crippen molar-refractivity contribution in [2.24, 2.45) is 0 Å². The molecule has 1 fully saturated rings. The van der Waals surface area contributed by atoms with E-state index >= 15 is 0 Å². The molecule has 1 aromatic heterocycles. The van der Waals surface area contributed by atoms with Crippen LogP contribution in [-0.2, 0) is 9.59 Å². The van der Waals surface area contributed by atoms with E-state index in [2.05, 4.69) is 11.4 Å². The number of nitrogens with one attached hydrogen (secondary N) is 1. The van der Waals surface area contributed by atoms with E-state index in [1.54, 1.807) is 11.3 Å². The van der Waals surface area contributed by atoms with E-state index < -0.39 is 0 Å². The van der Waals surface area contributed by atoms with Crippen molar-refractivity contribution in [2.45, 2.75) is 32.2 Å². The van der Waals surface area contributed by atoms with Crippen LogP contribution in [0.2, 0.25) is 0 Å². The van der Waals surface area contributed by atoms with Crippen molar-refractivity contribution in [3.05, 3.63) is 59.1 Å². The van der Waals surface area contributed by atoms with Gasteiger partial charge in [-0.15, -0.1) is 23.1 Å². The number of likely N-dealkylation sites (tertiary alicyclic amines) is 1. The molecule has 2 amide bonds. The SMILES string of the molecule is Cc1cccc(NC(=O)CSCC(=O)N2CCCCC2c2nc3ccccc3s2)c1. The van der Waals surface area contributed by atoms with E-state index in [1.165, 1.54) is 11.8 Å².